The van der Waals surface area contributed by atoms with Gasteiger partial charge in [-0.25, -0.2) is 0 Å². The van der Waals surface area contributed by atoms with Crippen LogP contribution in [0.3, 0.4) is 0 Å². The van der Waals surface area contributed by atoms with E-state index in [4.69, 9.17) is 5.11 Å². The van der Waals surface area contributed by atoms with Crippen LogP contribution in [0.5, 0.6) is 0 Å². The normalized spacial score (nSPS) is 18.1. The number of thioether (sulfide) groups is 1. The number of carbonyl (C=O) groups is 1. The molecule has 0 aromatic carbocycles. The fraction of sp³-hybridized carbons (Fsp3) is 0.900. The van der Waals surface area contributed by atoms with Gasteiger partial charge in [0.05, 0.1) is 0 Å². The molecule has 3 nitrogen and oxygen atoms in total. The number of carboxylic acids is 1. The van der Waals surface area contributed by atoms with Crippen molar-refractivity contribution in [2.24, 2.45) is 5.92 Å². The molecule has 1 atom stereocenters. The Balaban J connectivity index is 2.05. The summed E-state index contributed by atoms with van der Waals surface area (Å²) in [7, 11) is 0. The lowest BCUT2D eigenvalue weighted by molar-refractivity contribution is -0.140. The summed E-state index contributed by atoms with van der Waals surface area (Å²) in [5.74, 6) is 1.98. The van der Waals surface area contributed by atoms with Gasteiger partial charge >= 0.3 is 5.97 Å². The Hall–Kier alpha value is -0.220. The van der Waals surface area contributed by atoms with Crippen molar-refractivity contribution < 1.29 is 9.90 Å². The lowest BCUT2D eigenvalue weighted by Gasteiger charge is -2.12. The summed E-state index contributed by atoms with van der Waals surface area (Å²) in [5.41, 5.74) is 0. The average Bonchev–Trinajstić information content (AvgIpc) is 2.94. The van der Waals surface area contributed by atoms with Crippen LogP contribution in [-0.4, -0.2) is 35.2 Å². The molecule has 1 aliphatic carbocycles. The van der Waals surface area contributed by atoms with Crippen LogP contribution in [0.25, 0.3) is 0 Å². The van der Waals surface area contributed by atoms with Crippen LogP contribution in [0.15, 0.2) is 0 Å². The Kier molecular flexibility index (Phi) is 5.33. The summed E-state index contributed by atoms with van der Waals surface area (Å²) >= 11 is 1.90. The first-order chi connectivity index (χ1) is 6.75. The number of hydrogen-bond donors (Lipinski definition) is 2. The molecule has 82 valence electrons. The number of nitrogens with one attached hydrogen (secondary N) is 1. The largest absolute Gasteiger partial charge is 0.480 e. The van der Waals surface area contributed by atoms with Crippen molar-refractivity contribution in [2.75, 3.05) is 18.1 Å². The highest BCUT2D eigenvalue weighted by Crippen LogP contribution is 2.32. The lowest BCUT2D eigenvalue weighted by Crippen LogP contribution is -2.39. The van der Waals surface area contributed by atoms with Gasteiger partial charge in [0.15, 0.2) is 0 Å². The molecule has 14 heavy (non-hydrogen) atoms. The number of rotatable bonds is 8. The second-order valence-electron chi connectivity index (χ2n) is 3.66. The number of hydrogen-bond acceptors (Lipinski definition) is 3. The first kappa shape index (κ1) is 11.9. The molecular formula is C10H19NO2S. The Bertz CT molecular complexity index is 183. The third-order valence-corrected chi connectivity index (χ3v) is 3.38. The van der Waals surface area contributed by atoms with Gasteiger partial charge in [-0.05, 0) is 43.2 Å². The van der Waals surface area contributed by atoms with Crippen molar-refractivity contribution in [3.05, 3.63) is 0 Å². The SMILES string of the molecule is CCSCCCNC(C(=O)O)C1CC1. The highest BCUT2D eigenvalue weighted by molar-refractivity contribution is 7.99. The Morgan fingerprint density at radius 1 is 1.64 bits per heavy atom. The molecule has 1 unspecified atom stereocenters. The maximum atomic E-state index is 10.8. The molecule has 0 heterocycles. The second kappa shape index (κ2) is 6.30. The zero-order valence-electron chi connectivity index (χ0n) is 8.66. The van der Waals surface area contributed by atoms with E-state index >= 15 is 0 Å². The summed E-state index contributed by atoms with van der Waals surface area (Å²) in [6.07, 6.45) is 3.22. The van der Waals surface area contributed by atoms with Gasteiger partial charge in [-0.1, -0.05) is 6.92 Å². The van der Waals surface area contributed by atoms with Gasteiger partial charge in [0.1, 0.15) is 6.04 Å². The monoisotopic (exact) mass is 217 g/mol. The third-order valence-electron chi connectivity index (χ3n) is 2.39. The molecule has 0 radical (unpaired) electrons. The molecule has 0 aromatic heterocycles. The molecule has 0 amide bonds. The maximum Gasteiger partial charge on any atom is 0.320 e. The van der Waals surface area contributed by atoms with Crippen molar-refractivity contribution in [2.45, 2.75) is 32.2 Å². The standard InChI is InChI=1S/C10H19NO2S/c1-2-14-7-3-6-11-9(10(12)13)8-4-5-8/h8-9,11H,2-7H2,1H3,(H,12,13). The maximum absolute atomic E-state index is 10.8. The minimum Gasteiger partial charge on any atom is -0.480 e. The topological polar surface area (TPSA) is 49.3 Å². The van der Waals surface area contributed by atoms with E-state index in [1.54, 1.807) is 0 Å². The van der Waals surface area contributed by atoms with Gasteiger partial charge in [-0.2, -0.15) is 11.8 Å². The van der Waals surface area contributed by atoms with Crippen LogP contribution in [0.1, 0.15) is 26.2 Å². The minimum absolute atomic E-state index is 0.290. The summed E-state index contributed by atoms with van der Waals surface area (Å²) in [5, 5.41) is 12.0. The van der Waals surface area contributed by atoms with Crippen molar-refractivity contribution >= 4 is 17.7 Å². The van der Waals surface area contributed by atoms with E-state index < -0.39 is 5.97 Å². The van der Waals surface area contributed by atoms with Gasteiger partial charge in [0, 0.05) is 0 Å². The van der Waals surface area contributed by atoms with Crippen molar-refractivity contribution in [1.82, 2.24) is 5.32 Å². The zero-order valence-corrected chi connectivity index (χ0v) is 9.48. The lowest BCUT2D eigenvalue weighted by atomic mass is 10.2. The minimum atomic E-state index is -0.685. The fourth-order valence-corrected chi connectivity index (χ4v) is 2.10. The van der Waals surface area contributed by atoms with E-state index in [9.17, 15) is 4.79 Å². The van der Waals surface area contributed by atoms with E-state index in [2.05, 4.69) is 12.2 Å². The van der Waals surface area contributed by atoms with Crippen LogP contribution in [0.4, 0.5) is 0 Å². The molecule has 1 rings (SSSR count). The van der Waals surface area contributed by atoms with Crippen molar-refractivity contribution in [3.63, 3.8) is 0 Å². The number of carboxylic acid groups (broad SMARTS) is 1. The van der Waals surface area contributed by atoms with E-state index in [0.29, 0.717) is 5.92 Å². The quantitative estimate of drug-likeness (QED) is 0.606. The van der Waals surface area contributed by atoms with Crippen molar-refractivity contribution in [3.8, 4) is 0 Å². The van der Waals surface area contributed by atoms with Crippen LogP contribution >= 0.6 is 11.8 Å². The third kappa shape index (κ3) is 4.33. The predicted octanol–water partition coefficient (Wildman–Crippen LogP) is 1.58. The molecule has 1 aliphatic rings. The van der Waals surface area contributed by atoms with Gasteiger partial charge in [-0.3, -0.25) is 4.79 Å². The van der Waals surface area contributed by atoms with Crippen LogP contribution in [0.2, 0.25) is 0 Å². The highest BCUT2D eigenvalue weighted by atomic mass is 32.2. The average molecular weight is 217 g/mol. The summed E-state index contributed by atoms with van der Waals surface area (Å²) < 4.78 is 0. The Morgan fingerprint density at radius 3 is 2.86 bits per heavy atom. The summed E-state index contributed by atoms with van der Waals surface area (Å²) in [6.45, 7) is 2.98. The van der Waals surface area contributed by atoms with Gasteiger partial charge in [0.25, 0.3) is 0 Å². The van der Waals surface area contributed by atoms with E-state index in [1.165, 1.54) is 0 Å². The number of aliphatic carboxylic acids is 1. The van der Waals surface area contributed by atoms with E-state index in [0.717, 1.165) is 37.3 Å². The van der Waals surface area contributed by atoms with Crippen molar-refractivity contribution in [1.29, 1.82) is 0 Å². The summed E-state index contributed by atoms with van der Waals surface area (Å²) in [6, 6.07) is -0.290. The molecule has 1 fully saturated rings. The zero-order chi connectivity index (χ0) is 10.4. The predicted molar refractivity (Wildman–Crippen MR) is 59.8 cm³/mol. The smallest absolute Gasteiger partial charge is 0.320 e. The molecule has 0 aliphatic heterocycles. The van der Waals surface area contributed by atoms with Gasteiger partial charge < -0.3 is 10.4 Å². The Labute approximate surface area is 89.6 Å². The van der Waals surface area contributed by atoms with Crippen LogP contribution in [0, 0.1) is 5.92 Å². The van der Waals surface area contributed by atoms with E-state index in [-0.39, 0.29) is 6.04 Å². The van der Waals surface area contributed by atoms with Gasteiger partial charge in [-0.15, -0.1) is 0 Å². The van der Waals surface area contributed by atoms with Crippen LogP contribution < -0.4 is 5.32 Å². The Morgan fingerprint density at radius 2 is 2.36 bits per heavy atom. The fourth-order valence-electron chi connectivity index (χ4n) is 1.46. The summed E-state index contributed by atoms with van der Waals surface area (Å²) in [4.78, 5) is 10.8. The molecule has 2 N–H and O–H groups in total. The molecule has 4 heteroatoms. The molecule has 0 bridgehead atoms. The molecular weight excluding hydrogens is 198 g/mol. The van der Waals surface area contributed by atoms with Crippen LogP contribution in [-0.2, 0) is 4.79 Å². The first-order valence-corrected chi connectivity index (χ1v) is 6.45. The molecule has 0 spiro atoms. The van der Waals surface area contributed by atoms with Gasteiger partial charge in [0.2, 0.25) is 0 Å². The molecule has 0 aromatic rings. The molecule has 0 saturated heterocycles. The molecule has 1 saturated carbocycles. The highest BCUT2D eigenvalue weighted by Gasteiger charge is 2.35. The second-order valence-corrected chi connectivity index (χ2v) is 5.05. The van der Waals surface area contributed by atoms with E-state index in [1.807, 2.05) is 11.8 Å². The first-order valence-electron chi connectivity index (χ1n) is 5.29.